The van der Waals surface area contributed by atoms with E-state index in [-0.39, 0.29) is 17.1 Å². The average Bonchev–Trinajstić information content (AvgIpc) is 2.62. The van der Waals surface area contributed by atoms with Crippen LogP contribution in [-0.2, 0) is 4.79 Å². The van der Waals surface area contributed by atoms with Crippen molar-refractivity contribution in [2.75, 3.05) is 5.32 Å². The van der Waals surface area contributed by atoms with E-state index in [1.54, 1.807) is 0 Å². The summed E-state index contributed by atoms with van der Waals surface area (Å²) in [5.41, 5.74) is -0.919. The lowest BCUT2D eigenvalue weighted by Gasteiger charge is -1.92. The van der Waals surface area contributed by atoms with E-state index in [2.05, 4.69) is 25.3 Å². The first kappa shape index (κ1) is 9.76. The number of H-pyrrole nitrogens is 2. The highest BCUT2D eigenvalue weighted by Gasteiger charge is 2.18. The molecule has 16 heavy (non-hydrogen) atoms. The second kappa shape index (κ2) is 3.42. The van der Waals surface area contributed by atoms with Gasteiger partial charge in [-0.2, -0.15) is 4.98 Å². The van der Waals surface area contributed by atoms with Gasteiger partial charge in [0.15, 0.2) is 0 Å². The van der Waals surface area contributed by atoms with Gasteiger partial charge in [0.25, 0.3) is 11.2 Å². The largest absolute Gasteiger partial charge is 0.435 e. The van der Waals surface area contributed by atoms with E-state index in [0.29, 0.717) is 6.41 Å². The zero-order chi connectivity index (χ0) is 11.7. The molecule has 0 bridgehead atoms. The monoisotopic (exact) mass is 224 g/mol. The molecule has 0 aliphatic rings. The van der Waals surface area contributed by atoms with Crippen LogP contribution >= 0.6 is 0 Å². The van der Waals surface area contributed by atoms with Crippen molar-refractivity contribution in [3.63, 3.8) is 0 Å². The molecule has 0 aliphatic carbocycles. The van der Waals surface area contributed by atoms with Crippen LogP contribution in [-0.4, -0.2) is 31.3 Å². The van der Waals surface area contributed by atoms with E-state index in [1.165, 1.54) is 0 Å². The SMILES string of the molecule is O=CNc1nc2nc([N+](=O)[O-])[nH]c2c(=O)[nH]1. The predicted octanol–water partition coefficient (Wildman–Crippen LogP) is -0.877. The van der Waals surface area contributed by atoms with E-state index in [1.807, 2.05) is 0 Å². The summed E-state index contributed by atoms with van der Waals surface area (Å²) in [4.78, 5) is 42.7. The van der Waals surface area contributed by atoms with Crippen LogP contribution in [0, 0.1) is 10.1 Å². The Hall–Kier alpha value is -2.78. The van der Waals surface area contributed by atoms with Crippen molar-refractivity contribution < 1.29 is 9.72 Å². The second-order valence-corrected chi connectivity index (χ2v) is 2.69. The maximum Gasteiger partial charge on any atom is 0.435 e. The van der Waals surface area contributed by atoms with Gasteiger partial charge in [-0.1, -0.05) is 0 Å². The lowest BCUT2D eigenvalue weighted by Crippen LogP contribution is -2.12. The molecule has 0 aromatic carbocycles. The third kappa shape index (κ3) is 1.47. The van der Waals surface area contributed by atoms with Gasteiger partial charge in [-0.3, -0.25) is 19.9 Å². The van der Waals surface area contributed by atoms with Crippen molar-refractivity contribution >= 4 is 29.5 Å². The van der Waals surface area contributed by atoms with Gasteiger partial charge < -0.3 is 10.1 Å². The molecule has 2 rings (SSSR count). The van der Waals surface area contributed by atoms with E-state index >= 15 is 0 Å². The van der Waals surface area contributed by atoms with Gasteiger partial charge in [0.05, 0.1) is 0 Å². The van der Waals surface area contributed by atoms with Crippen molar-refractivity contribution in [2.45, 2.75) is 0 Å². The van der Waals surface area contributed by atoms with Gasteiger partial charge in [-0.25, -0.2) is 4.98 Å². The van der Waals surface area contributed by atoms with Crippen LogP contribution in [0.4, 0.5) is 11.9 Å². The topological polar surface area (TPSA) is 147 Å². The highest BCUT2D eigenvalue weighted by Crippen LogP contribution is 2.10. The number of nitrogens with one attached hydrogen (secondary N) is 3. The summed E-state index contributed by atoms with van der Waals surface area (Å²) in [5.74, 6) is -0.717. The summed E-state index contributed by atoms with van der Waals surface area (Å²) in [5, 5.41) is 12.5. The normalized spacial score (nSPS) is 10.2. The number of hydrogen-bond donors (Lipinski definition) is 3. The predicted molar refractivity (Wildman–Crippen MR) is 50.9 cm³/mol. The second-order valence-electron chi connectivity index (χ2n) is 2.69. The van der Waals surface area contributed by atoms with E-state index in [0.717, 1.165) is 0 Å². The van der Waals surface area contributed by atoms with Crippen LogP contribution in [0.15, 0.2) is 4.79 Å². The molecule has 1 amide bonds. The summed E-state index contributed by atoms with van der Waals surface area (Å²) in [6.45, 7) is 0. The number of carbonyl (C=O) groups is 1. The van der Waals surface area contributed by atoms with Crippen molar-refractivity contribution in [3.05, 3.63) is 20.5 Å². The van der Waals surface area contributed by atoms with Gasteiger partial charge in [0.2, 0.25) is 17.9 Å². The van der Waals surface area contributed by atoms with Crippen molar-refractivity contribution in [1.82, 2.24) is 19.9 Å². The molecule has 0 fully saturated rings. The summed E-state index contributed by atoms with van der Waals surface area (Å²) in [6, 6.07) is 0. The molecule has 82 valence electrons. The van der Waals surface area contributed by atoms with Gasteiger partial charge >= 0.3 is 5.95 Å². The number of amides is 1. The van der Waals surface area contributed by atoms with E-state index < -0.39 is 16.4 Å². The molecule has 0 saturated heterocycles. The Balaban J connectivity index is 2.67. The Morgan fingerprint density at radius 3 is 2.75 bits per heavy atom. The van der Waals surface area contributed by atoms with Crippen LogP contribution < -0.4 is 10.9 Å². The van der Waals surface area contributed by atoms with E-state index in [4.69, 9.17) is 0 Å². The average molecular weight is 224 g/mol. The number of imidazole rings is 1. The fraction of sp³-hybridized carbons (Fsp3) is 0. The minimum atomic E-state index is -0.784. The summed E-state index contributed by atoms with van der Waals surface area (Å²) in [7, 11) is 0. The first-order valence-electron chi connectivity index (χ1n) is 3.96. The smallest absolute Gasteiger partial charge is 0.390 e. The minimum Gasteiger partial charge on any atom is -0.390 e. The van der Waals surface area contributed by atoms with Crippen LogP contribution in [0.2, 0.25) is 0 Å². The highest BCUT2D eigenvalue weighted by atomic mass is 16.6. The number of nitrogens with zero attached hydrogens (tertiary/aromatic N) is 3. The molecule has 10 heteroatoms. The number of carbonyl (C=O) groups excluding carboxylic acids is 1. The number of anilines is 1. The quantitative estimate of drug-likeness (QED) is 0.350. The summed E-state index contributed by atoms with van der Waals surface area (Å²) in [6.07, 6.45) is 0.311. The standard InChI is InChI=1S/C6H4N6O4/c13-1-7-5-9-3-2(4(14)11-5)8-6(10-3)12(15)16/h1H,(H3,7,8,9,10,11,13,14). The van der Waals surface area contributed by atoms with Crippen LogP contribution in [0.25, 0.3) is 11.2 Å². The number of rotatable bonds is 3. The van der Waals surface area contributed by atoms with Gasteiger partial charge in [-0.15, -0.1) is 0 Å². The Kier molecular flexibility index (Phi) is 2.08. The minimum absolute atomic E-state index is 0.122. The molecule has 2 aromatic rings. The molecule has 0 saturated carbocycles. The molecule has 2 heterocycles. The summed E-state index contributed by atoms with van der Waals surface area (Å²) < 4.78 is 0. The number of fused-ring (bicyclic) bond motifs is 1. The Labute approximate surface area is 85.9 Å². The van der Waals surface area contributed by atoms with Crippen molar-refractivity contribution in [2.24, 2.45) is 0 Å². The van der Waals surface area contributed by atoms with Crippen LogP contribution in [0.5, 0.6) is 0 Å². The highest BCUT2D eigenvalue weighted by molar-refractivity contribution is 5.74. The number of aromatic amines is 2. The molecular formula is C6H4N6O4. The number of aromatic nitrogens is 4. The Bertz CT molecular complexity index is 627. The molecule has 0 radical (unpaired) electrons. The Morgan fingerprint density at radius 2 is 2.12 bits per heavy atom. The molecule has 0 aliphatic heterocycles. The Morgan fingerprint density at radius 1 is 1.38 bits per heavy atom. The molecule has 3 N–H and O–H groups in total. The zero-order valence-corrected chi connectivity index (χ0v) is 7.55. The van der Waals surface area contributed by atoms with Gasteiger partial charge in [0.1, 0.15) is 0 Å². The molecule has 2 aromatic heterocycles. The van der Waals surface area contributed by atoms with Crippen molar-refractivity contribution in [3.8, 4) is 0 Å². The third-order valence-electron chi connectivity index (χ3n) is 1.72. The molecule has 10 nitrogen and oxygen atoms in total. The third-order valence-corrected chi connectivity index (χ3v) is 1.72. The van der Waals surface area contributed by atoms with Crippen LogP contribution in [0.3, 0.4) is 0 Å². The van der Waals surface area contributed by atoms with Gasteiger partial charge in [0, 0.05) is 0 Å². The maximum atomic E-state index is 11.4. The van der Waals surface area contributed by atoms with Gasteiger partial charge in [-0.05, 0) is 9.91 Å². The first-order valence-corrected chi connectivity index (χ1v) is 3.96. The maximum absolute atomic E-state index is 11.4. The lowest BCUT2D eigenvalue weighted by molar-refractivity contribution is -0.393. The zero-order valence-electron chi connectivity index (χ0n) is 7.55. The number of nitro groups is 1. The molecule has 0 spiro atoms. The fourth-order valence-electron chi connectivity index (χ4n) is 1.11. The number of hydrogen-bond acceptors (Lipinski definition) is 6. The van der Waals surface area contributed by atoms with E-state index in [9.17, 15) is 19.7 Å². The molecule has 0 unspecified atom stereocenters. The summed E-state index contributed by atoms with van der Waals surface area (Å²) >= 11 is 0. The first-order chi connectivity index (χ1) is 7.61. The fourth-order valence-corrected chi connectivity index (χ4v) is 1.11. The van der Waals surface area contributed by atoms with Crippen LogP contribution in [0.1, 0.15) is 0 Å². The van der Waals surface area contributed by atoms with Crippen molar-refractivity contribution in [1.29, 1.82) is 0 Å². The lowest BCUT2D eigenvalue weighted by atomic mass is 10.5. The molecular weight excluding hydrogens is 220 g/mol. The molecule has 0 atom stereocenters.